The molecular weight excluding hydrogens is 945 g/mol. The molecular formula is C57H80N6O11. The zero-order valence-electron chi connectivity index (χ0n) is 43.3. The average molecular weight is 1030 g/mol. The molecule has 9 atom stereocenters. The third-order valence-electron chi connectivity index (χ3n) is 13.8. The molecule has 0 saturated carbocycles. The molecule has 1 fully saturated rings. The van der Waals surface area contributed by atoms with Gasteiger partial charge in [-0.3, -0.25) is 24.0 Å². The van der Waals surface area contributed by atoms with Crippen LogP contribution in [0.5, 0.6) is 5.75 Å². The Bertz CT molecular complexity index is 2390. The van der Waals surface area contributed by atoms with Gasteiger partial charge in [0.05, 0.1) is 6.04 Å². The van der Waals surface area contributed by atoms with E-state index in [0.717, 1.165) is 57.9 Å². The van der Waals surface area contributed by atoms with Crippen LogP contribution in [0.1, 0.15) is 118 Å². The summed E-state index contributed by atoms with van der Waals surface area (Å²) in [5, 5.41) is 55.0. The number of primary amides is 1. The first-order valence-corrected chi connectivity index (χ1v) is 26.4. The number of hydrogen-bond acceptors (Lipinski definition) is 12. The van der Waals surface area contributed by atoms with Gasteiger partial charge >= 0.3 is 0 Å². The molecule has 1 heterocycles. The maximum Gasteiger partial charge on any atom is 0.252 e. The van der Waals surface area contributed by atoms with Crippen LogP contribution in [0.4, 0.5) is 0 Å². The molecule has 0 spiro atoms. The molecule has 17 heteroatoms. The van der Waals surface area contributed by atoms with Crippen molar-refractivity contribution in [2.75, 3.05) is 13.2 Å². The minimum atomic E-state index is -1.74. The number of carbonyl (C=O) groups excluding carboxylic acids is 5. The molecule has 12 N–H and O–H groups in total. The summed E-state index contributed by atoms with van der Waals surface area (Å²) in [7, 11) is 0. The van der Waals surface area contributed by atoms with Crippen LogP contribution < -0.4 is 32.7 Å². The minimum Gasteiger partial charge on any atom is -0.508 e. The topological polar surface area (TPSA) is 285 Å². The molecule has 4 aromatic carbocycles. The molecule has 0 unspecified atom stereocenters. The fourth-order valence-corrected chi connectivity index (χ4v) is 9.45. The molecule has 1 aliphatic rings. The first-order chi connectivity index (χ1) is 35.6. The van der Waals surface area contributed by atoms with Gasteiger partial charge in [0.15, 0.2) is 12.4 Å². The van der Waals surface area contributed by atoms with Crippen molar-refractivity contribution >= 4 is 40.3 Å². The molecule has 0 aliphatic carbocycles. The minimum absolute atomic E-state index is 0.00732. The van der Waals surface area contributed by atoms with E-state index < -0.39 is 84.4 Å². The third kappa shape index (κ3) is 18.2. The summed E-state index contributed by atoms with van der Waals surface area (Å²) in [4.78, 5) is 68.9. The summed E-state index contributed by atoms with van der Waals surface area (Å²) in [6.07, 6.45) is 4.08. The Balaban J connectivity index is 1.25. The van der Waals surface area contributed by atoms with E-state index >= 15 is 0 Å². The first kappa shape index (κ1) is 58.9. The lowest BCUT2D eigenvalue weighted by atomic mass is 9.95. The monoisotopic (exact) mass is 1020 g/mol. The predicted octanol–water partition coefficient (Wildman–Crippen LogP) is 4.49. The quantitative estimate of drug-likeness (QED) is 0.0312. The zero-order valence-corrected chi connectivity index (χ0v) is 43.3. The highest BCUT2D eigenvalue weighted by Crippen LogP contribution is 2.25. The lowest BCUT2D eigenvalue weighted by molar-refractivity contribution is -0.290. The van der Waals surface area contributed by atoms with E-state index in [1.54, 1.807) is 50.2 Å². The molecule has 0 radical (unpaired) electrons. The van der Waals surface area contributed by atoms with E-state index in [-0.39, 0.29) is 57.4 Å². The summed E-state index contributed by atoms with van der Waals surface area (Å²) < 4.78 is 11.4. The highest BCUT2D eigenvalue weighted by molar-refractivity contribution is 5.95. The molecule has 17 nitrogen and oxygen atoms in total. The number of amides is 5. The largest absolute Gasteiger partial charge is 0.508 e. The van der Waals surface area contributed by atoms with Crippen molar-refractivity contribution in [1.82, 2.24) is 21.3 Å². The summed E-state index contributed by atoms with van der Waals surface area (Å²) >= 11 is 0. The SMILES string of the molecule is CCCCCCCCCCCCO[C@@H]1O[C@H](C(=O)NCCCC[C@@H](NC(=O)[C@@H](N)Cc2c(C)cc(O)cc2C)C(=O)N[C@@H](Cc2cccc3ccccc23)C(=O)N[C@@H](Cc2ccccc2)C(N)=O)[C@@H](O)[C@H](O)[C@H]1O. The van der Waals surface area contributed by atoms with Crippen LogP contribution in [0, 0.1) is 13.8 Å². The maximum atomic E-state index is 14.5. The Kier molecular flexibility index (Phi) is 24.2. The second-order valence-corrected chi connectivity index (χ2v) is 19.7. The number of aliphatic hydroxyl groups excluding tert-OH is 3. The number of carbonyl (C=O) groups is 5. The number of phenolic OH excluding ortho intramolecular Hbond substituents is 1. The third-order valence-corrected chi connectivity index (χ3v) is 13.8. The van der Waals surface area contributed by atoms with Crippen molar-refractivity contribution in [3.63, 3.8) is 0 Å². The number of nitrogens with one attached hydrogen (secondary N) is 4. The fraction of sp³-hybridized carbons (Fsp3) is 0.526. The Hall–Kier alpha value is -5.95. The molecule has 5 amide bonds. The molecule has 1 aliphatic heterocycles. The van der Waals surface area contributed by atoms with E-state index in [1.165, 1.54) is 38.5 Å². The number of rotatable bonds is 31. The van der Waals surface area contributed by atoms with Crippen LogP contribution in [0.25, 0.3) is 10.8 Å². The second kappa shape index (κ2) is 30.4. The number of hydrogen-bond donors (Lipinski definition) is 10. The van der Waals surface area contributed by atoms with Gasteiger partial charge in [0.25, 0.3) is 5.91 Å². The molecule has 5 rings (SSSR count). The van der Waals surface area contributed by atoms with Gasteiger partial charge in [0, 0.05) is 26.0 Å². The van der Waals surface area contributed by atoms with E-state index in [0.29, 0.717) is 6.42 Å². The van der Waals surface area contributed by atoms with Gasteiger partial charge in [-0.1, -0.05) is 138 Å². The van der Waals surface area contributed by atoms with Crippen LogP contribution in [0.15, 0.2) is 84.9 Å². The van der Waals surface area contributed by atoms with E-state index in [1.807, 2.05) is 48.5 Å². The van der Waals surface area contributed by atoms with Crippen LogP contribution in [-0.2, 0) is 52.7 Å². The van der Waals surface area contributed by atoms with Crippen molar-refractivity contribution in [3.8, 4) is 5.75 Å². The van der Waals surface area contributed by atoms with Crippen LogP contribution in [0.2, 0.25) is 0 Å². The van der Waals surface area contributed by atoms with Gasteiger partial charge in [-0.2, -0.15) is 0 Å². The van der Waals surface area contributed by atoms with Crippen LogP contribution in [-0.4, -0.2) is 118 Å². The molecule has 0 bridgehead atoms. The van der Waals surface area contributed by atoms with Gasteiger partial charge < -0.3 is 62.6 Å². The van der Waals surface area contributed by atoms with Gasteiger partial charge in [-0.15, -0.1) is 0 Å². The van der Waals surface area contributed by atoms with Gasteiger partial charge in [0.2, 0.25) is 23.6 Å². The molecule has 74 heavy (non-hydrogen) atoms. The number of fused-ring (bicyclic) bond motifs is 1. The number of nitrogens with two attached hydrogens (primary N) is 2. The number of unbranched alkanes of at least 4 members (excludes halogenated alkanes) is 10. The normalized spacial score (nSPS) is 19.2. The number of aliphatic hydroxyl groups is 3. The van der Waals surface area contributed by atoms with Crippen molar-refractivity contribution in [2.45, 2.75) is 178 Å². The van der Waals surface area contributed by atoms with Crippen molar-refractivity contribution in [3.05, 3.63) is 113 Å². The molecule has 404 valence electrons. The highest BCUT2D eigenvalue weighted by Gasteiger charge is 2.47. The summed E-state index contributed by atoms with van der Waals surface area (Å²) in [6.45, 7) is 6.07. The highest BCUT2D eigenvalue weighted by atomic mass is 16.7. The van der Waals surface area contributed by atoms with E-state index in [9.17, 15) is 44.4 Å². The van der Waals surface area contributed by atoms with E-state index in [4.69, 9.17) is 20.9 Å². The van der Waals surface area contributed by atoms with Crippen molar-refractivity contribution in [1.29, 1.82) is 0 Å². The fourth-order valence-electron chi connectivity index (χ4n) is 9.45. The first-order valence-electron chi connectivity index (χ1n) is 26.4. The summed E-state index contributed by atoms with van der Waals surface area (Å²) in [5.74, 6) is -3.47. The van der Waals surface area contributed by atoms with Gasteiger partial charge in [-0.25, -0.2) is 0 Å². The van der Waals surface area contributed by atoms with Crippen LogP contribution in [0.3, 0.4) is 0 Å². The Morgan fingerprint density at radius 3 is 1.92 bits per heavy atom. The van der Waals surface area contributed by atoms with E-state index in [2.05, 4.69) is 28.2 Å². The summed E-state index contributed by atoms with van der Waals surface area (Å²) in [5.41, 5.74) is 16.0. The lowest BCUT2D eigenvalue weighted by Gasteiger charge is -2.39. The van der Waals surface area contributed by atoms with Crippen LogP contribution >= 0.6 is 0 Å². The van der Waals surface area contributed by atoms with Gasteiger partial charge in [-0.05, 0) is 96.7 Å². The molecule has 1 saturated heterocycles. The molecule has 0 aromatic heterocycles. The van der Waals surface area contributed by atoms with Crippen molar-refractivity contribution in [2.24, 2.45) is 11.5 Å². The Morgan fingerprint density at radius 1 is 0.649 bits per heavy atom. The molecule has 4 aromatic rings. The Morgan fingerprint density at radius 2 is 1.24 bits per heavy atom. The maximum absolute atomic E-state index is 14.5. The lowest BCUT2D eigenvalue weighted by Crippen LogP contribution is -2.62. The number of aromatic hydroxyl groups is 1. The average Bonchev–Trinajstić information content (AvgIpc) is 3.38. The second-order valence-electron chi connectivity index (χ2n) is 19.7. The van der Waals surface area contributed by atoms with Crippen molar-refractivity contribution < 1.29 is 53.9 Å². The zero-order chi connectivity index (χ0) is 53.6. The summed E-state index contributed by atoms with van der Waals surface area (Å²) in [6, 6.07) is 20.7. The van der Waals surface area contributed by atoms with Gasteiger partial charge in [0.1, 0.15) is 42.2 Å². The standard InChI is InChI=1S/C57H80N6O11/c1-4-5-6-7-8-9-10-11-12-20-30-73-57-50(67)48(65)49(66)51(74-57)56(72)60-29-19-18-28-45(61-53(69)44(58)35-43-36(2)31-41(64)32-37(43)3)54(70)63-47(34-40-26-21-25-39-24-16-17-27-42(39)40)55(71)62-46(52(59)68)33-38-22-14-13-15-23-38/h13-17,21-27,31-32,44-51,57,64-67H,4-12,18-20,28-30,33-35,58H2,1-3H3,(H2,59,68)(H,60,72)(H,61,69)(H,62,71)(H,63,70)/t44-,45+,46-,47-,48-,49-,50+,51-,57+/m0/s1. The number of aryl methyl sites for hydroxylation is 2. The number of ether oxygens (including phenoxy) is 2. The predicted molar refractivity (Wildman–Crippen MR) is 283 cm³/mol. The smallest absolute Gasteiger partial charge is 0.252 e. The Labute approximate surface area is 435 Å². The number of benzene rings is 4. The number of phenols is 1.